The largest absolute Gasteiger partial charge is 0.370 e. The van der Waals surface area contributed by atoms with Gasteiger partial charge in [0.05, 0.1) is 4.90 Å². The molecule has 0 aromatic heterocycles. The standard InChI is InChI=1S/C13H22N4O5S2/c1-10(9-13(14)18)17(4)23(19,20)12-7-5-11(6-8-12)15-24(21,22)16(2)3/h5-8,10,15H,9H2,1-4H3,(H2,14,18). The second-order valence-corrected chi connectivity index (χ2v) is 9.34. The third-order valence-corrected chi connectivity index (χ3v) is 6.82. The Labute approximate surface area is 142 Å². The van der Waals surface area contributed by atoms with Gasteiger partial charge in [0.15, 0.2) is 0 Å². The molecular formula is C13H22N4O5S2. The van der Waals surface area contributed by atoms with Crippen molar-refractivity contribution in [1.82, 2.24) is 8.61 Å². The Bertz CT molecular complexity index is 788. The molecule has 9 nitrogen and oxygen atoms in total. The summed E-state index contributed by atoms with van der Waals surface area (Å²) in [5.41, 5.74) is 5.32. The predicted octanol–water partition coefficient (Wildman–Crippen LogP) is -0.211. The topological polar surface area (TPSA) is 130 Å². The van der Waals surface area contributed by atoms with Gasteiger partial charge >= 0.3 is 10.2 Å². The van der Waals surface area contributed by atoms with Gasteiger partial charge in [-0.3, -0.25) is 9.52 Å². The molecule has 24 heavy (non-hydrogen) atoms. The van der Waals surface area contributed by atoms with Gasteiger partial charge in [-0.2, -0.15) is 17.0 Å². The number of hydrogen-bond acceptors (Lipinski definition) is 5. The minimum absolute atomic E-state index is 0.0193. The summed E-state index contributed by atoms with van der Waals surface area (Å²) in [6, 6.07) is 4.67. The van der Waals surface area contributed by atoms with E-state index in [4.69, 9.17) is 5.73 Å². The van der Waals surface area contributed by atoms with Crippen LogP contribution in [-0.4, -0.2) is 58.5 Å². The zero-order chi connectivity index (χ0) is 18.7. The molecule has 1 unspecified atom stereocenters. The molecule has 1 aromatic carbocycles. The van der Waals surface area contributed by atoms with Crippen LogP contribution in [0.4, 0.5) is 5.69 Å². The molecule has 1 amide bonds. The van der Waals surface area contributed by atoms with Crippen LogP contribution < -0.4 is 10.5 Å². The third kappa shape index (κ3) is 4.90. The van der Waals surface area contributed by atoms with Crippen molar-refractivity contribution in [2.75, 3.05) is 25.9 Å². The zero-order valence-electron chi connectivity index (χ0n) is 13.9. The predicted molar refractivity (Wildman–Crippen MR) is 90.9 cm³/mol. The van der Waals surface area contributed by atoms with Crippen LogP contribution in [0.2, 0.25) is 0 Å². The van der Waals surface area contributed by atoms with Gasteiger partial charge in [-0.15, -0.1) is 0 Å². The lowest BCUT2D eigenvalue weighted by Crippen LogP contribution is -2.37. The van der Waals surface area contributed by atoms with E-state index in [2.05, 4.69) is 4.72 Å². The van der Waals surface area contributed by atoms with E-state index in [1.165, 1.54) is 45.4 Å². The van der Waals surface area contributed by atoms with Gasteiger partial charge in [-0.05, 0) is 31.2 Å². The number of primary amides is 1. The first kappa shape index (κ1) is 20.4. The van der Waals surface area contributed by atoms with Gasteiger partial charge in [-0.25, -0.2) is 8.42 Å². The first-order chi connectivity index (χ1) is 10.9. The lowest BCUT2D eigenvalue weighted by Gasteiger charge is -2.23. The van der Waals surface area contributed by atoms with Crippen LogP contribution in [0, 0.1) is 0 Å². The minimum Gasteiger partial charge on any atom is -0.370 e. The number of nitrogens with zero attached hydrogens (tertiary/aromatic N) is 2. The lowest BCUT2D eigenvalue weighted by atomic mass is 10.2. The highest BCUT2D eigenvalue weighted by molar-refractivity contribution is 7.90. The number of nitrogens with two attached hydrogens (primary N) is 1. The molecule has 0 aliphatic heterocycles. The summed E-state index contributed by atoms with van der Waals surface area (Å²) in [5.74, 6) is -0.599. The summed E-state index contributed by atoms with van der Waals surface area (Å²) in [6.07, 6.45) is -0.101. The Morgan fingerprint density at radius 1 is 1.12 bits per heavy atom. The van der Waals surface area contributed by atoms with Crippen LogP contribution in [0.3, 0.4) is 0 Å². The molecule has 1 aromatic rings. The first-order valence-corrected chi connectivity index (χ1v) is 9.82. The van der Waals surface area contributed by atoms with Crippen LogP contribution in [0.25, 0.3) is 0 Å². The van der Waals surface area contributed by atoms with Crippen molar-refractivity contribution in [3.63, 3.8) is 0 Å². The average Bonchev–Trinajstić information content (AvgIpc) is 2.45. The SMILES string of the molecule is CC(CC(N)=O)N(C)S(=O)(=O)c1ccc(NS(=O)(=O)N(C)C)cc1. The molecule has 1 rings (SSSR count). The maximum Gasteiger partial charge on any atom is 0.301 e. The van der Waals surface area contributed by atoms with E-state index < -0.39 is 32.2 Å². The van der Waals surface area contributed by atoms with Gasteiger partial charge in [0.2, 0.25) is 15.9 Å². The molecule has 0 aliphatic rings. The number of amides is 1. The molecule has 136 valence electrons. The molecule has 0 bridgehead atoms. The Morgan fingerprint density at radius 3 is 2.04 bits per heavy atom. The summed E-state index contributed by atoms with van der Waals surface area (Å²) in [6.45, 7) is 1.57. The summed E-state index contributed by atoms with van der Waals surface area (Å²) in [4.78, 5) is 10.9. The van der Waals surface area contributed by atoms with E-state index >= 15 is 0 Å². The Balaban J connectivity index is 3.01. The second kappa shape index (κ2) is 7.47. The van der Waals surface area contributed by atoms with Crippen LogP contribution in [0.15, 0.2) is 29.2 Å². The number of carbonyl (C=O) groups excluding carboxylic acids is 1. The number of anilines is 1. The molecule has 1 atom stereocenters. The third-order valence-electron chi connectivity index (χ3n) is 3.38. The van der Waals surface area contributed by atoms with Gasteiger partial charge in [0, 0.05) is 39.3 Å². The quantitative estimate of drug-likeness (QED) is 0.646. The Morgan fingerprint density at radius 2 is 1.62 bits per heavy atom. The highest BCUT2D eigenvalue weighted by Crippen LogP contribution is 2.20. The smallest absolute Gasteiger partial charge is 0.301 e. The molecule has 0 saturated carbocycles. The first-order valence-electron chi connectivity index (χ1n) is 6.94. The van der Waals surface area contributed by atoms with Crippen molar-refractivity contribution >= 4 is 31.8 Å². The van der Waals surface area contributed by atoms with Gasteiger partial charge in [-0.1, -0.05) is 0 Å². The maximum atomic E-state index is 12.5. The van der Waals surface area contributed by atoms with Crippen molar-refractivity contribution in [2.45, 2.75) is 24.3 Å². The van der Waals surface area contributed by atoms with E-state index in [1.54, 1.807) is 6.92 Å². The average molecular weight is 378 g/mol. The van der Waals surface area contributed by atoms with Crippen LogP contribution in [0.1, 0.15) is 13.3 Å². The Hall–Kier alpha value is -1.69. The molecule has 11 heteroatoms. The van der Waals surface area contributed by atoms with Crippen molar-refractivity contribution < 1.29 is 21.6 Å². The number of sulfonamides is 1. The zero-order valence-corrected chi connectivity index (χ0v) is 15.6. The molecule has 0 heterocycles. The normalized spacial score (nSPS) is 13.9. The van der Waals surface area contributed by atoms with E-state index in [9.17, 15) is 21.6 Å². The van der Waals surface area contributed by atoms with Crippen LogP contribution >= 0.6 is 0 Å². The fourth-order valence-electron chi connectivity index (χ4n) is 1.76. The van der Waals surface area contributed by atoms with E-state index in [-0.39, 0.29) is 17.0 Å². The van der Waals surface area contributed by atoms with Crippen LogP contribution in [0.5, 0.6) is 0 Å². The highest BCUT2D eigenvalue weighted by Gasteiger charge is 2.26. The van der Waals surface area contributed by atoms with Crippen LogP contribution in [-0.2, 0) is 25.0 Å². The highest BCUT2D eigenvalue weighted by atomic mass is 32.2. The second-order valence-electron chi connectivity index (χ2n) is 5.45. The number of hydrogen-bond donors (Lipinski definition) is 2. The number of rotatable bonds is 8. The molecule has 0 radical (unpaired) electrons. The van der Waals surface area contributed by atoms with Gasteiger partial charge in [0.25, 0.3) is 0 Å². The lowest BCUT2D eigenvalue weighted by molar-refractivity contribution is -0.118. The van der Waals surface area contributed by atoms with Gasteiger partial charge in [0.1, 0.15) is 0 Å². The summed E-state index contributed by atoms with van der Waals surface area (Å²) >= 11 is 0. The van der Waals surface area contributed by atoms with Crippen molar-refractivity contribution in [1.29, 1.82) is 0 Å². The van der Waals surface area contributed by atoms with Crippen molar-refractivity contribution in [3.8, 4) is 0 Å². The monoisotopic (exact) mass is 378 g/mol. The van der Waals surface area contributed by atoms with E-state index in [0.29, 0.717) is 0 Å². The molecule has 3 N–H and O–H groups in total. The van der Waals surface area contributed by atoms with Crippen molar-refractivity contribution in [2.24, 2.45) is 5.73 Å². The molecule has 0 saturated heterocycles. The number of nitrogens with one attached hydrogen (secondary N) is 1. The fraction of sp³-hybridized carbons (Fsp3) is 0.462. The summed E-state index contributed by atoms with van der Waals surface area (Å²) in [5, 5.41) is 0. The molecule has 0 fully saturated rings. The summed E-state index contributed by atoms with van der Waals surface area (Å²) in [7, 11) is -3.40. The summed E-state index contributed by atoms with van der Waals surface area (Å²) < 4.78 is 52.8. The molecule has 0 spiro atoms. The fourth-order valence-corrected chi connectivity index (χ4v) is 3.74. The number of carbonyl (C=O) groups is 1. The molecular weight excluding hydrogens is 356 g/mol. The number of benzene rings is 1. The van der Waals surface area contributed by atoms with Crippen molar-refractivity contribution in [3.05, 3.63) is 24.3 Å². The minimum atomic E-state index is -3.82. The van der Waals surface area contributed by atoms with E-state index in [0.717, 1.165) is 8.61 Å². The van der Waals surface area contributed by atoms with E-state index in [1.807, 2.05) is 0 Å². The Kier molecular flexibility index (Phi) is 6.33. The maximum absolute atomic E-state index is 12.5. The molecule has 0 aliphatic carbocycles. The van der Waals surface area contributed by atoms with Gasteiger partial charge < -0.3 is 5.73 Å².